The van der Waals surface area contributed by atoms with E-state index in [0.29, 0.717) is 6.04 Å². The van der Waals surface area contributed by atoms with E-state index >= 15 is 0 Å². The number of ether oxygens (including phenoxy) is 1. The van der Waals surface area contributed by atoms with E-state index in [0.717, 1.165) is 19.6 Å². The molecule has 0 aliphatic rings. The van der Waals surface area contributed by atoms with Crippen LogP contribution in [-0.4, -0.2) is 19.8 Å². The van der Waals surface area contributed by atoms with Crippen molar-refractivity contribution in [3.8, 4) is 0 Å². The standard InChI is InChI=1S/C13H21NO/c1-4-13(10-15-3)14-9-12-7-5-11(2)6-8-12/h5-8,13-14H,4,9-10H2,1-3H3. The minimum absolute atomic E-state index is 0.455. The molecule has 0 aromatic heterocycles. The van der Waals surface area contributed by atoms with Crippen LogP contribution in [0.25, 0.3) is 0 Å². The van der Waals surface area contributed by atoms with Crippen LogP contribution < -0.4 is 5.32 Å². The first-order chi connectivity index (χ1) is 7.26. The molecule has 84 valence electrons. The summed E-state index contributed by atoms with van der Waals surface area (Å²) in [5.74, 6) is 0. The first-order valence-electron chi connectivity index (χ1n) is 5.54. The van der Waals surface area contributed by atoms with Gasteiger partial charge in [0.15, 0.2) is 0 Å². The van der Waals surface area contributed by atoms with Crippen LogP contribution in [0.1, 0.15) is 24.5 Å². The molecule has 0 amide bonds. The normalized spacial score (nSPS) is 12.7. The van der Waals surface area contributed by atoms with Gasteiger partial charge in [-0.05, 0) is 18.9 Å². The van der Waals surface area contributed by atoms with Crippen LogP contribution in [0, 0.1) is 6.92 Å². The lowest BCUT2D eigenvalue weighted by atomic mass is 10.1. The van der Waals surface area contributed by atoms with Crippen molar-refractivity contribution < 1.29 is 4.74 Å². The molecule has 0 bridgehead atoms. The molecule has 0 saturated carbocycles. The minimum Gasteiger partial charge on any atom is -0.383 e. The van der Waals surface area contributed by atoms with E-state index in [2.05, 4.69) is 43.4 Å². The molecule has 15 heavy (non-hydrogen) atoms. The van der Waals surface area contributed by atoms with Crippen molar-refractivity contribution in [2.45, 2.75) is 32.9 Å². The van der Waals surface area contributed by atoms with Crippen LogP contribution in [0.2, 0.25) is 0 Å². The molecule has 0 heterocycles. The zero-order valence-corrected chi connectivity index (χ0v) is 9.92. The largest absolute Gasteiger partial charge is 0.383 e. The number of benzene rings is 1. The Morgan fingerprint density at radius 3 is 2.47 bits per heavy atom. The minimum atomic E-state index is 0.455. The quantitative estimate of drug-likeness (QED) is 0.774. The SMILES string of the molecule is CCC(COC)NCc1ccc(C)cc1. The van der Waals surface area contributed by atoms with Crippen molar-refractivity contribution in [2.75, 3.05) is 13.7 Å². The van der Waals surface area contributed by atoms with Crippen molar-refractivity contribution in [1.29, 1.82) is 0 Å². The molecule has 1 aromatic rings. The summed E-state index contributed by atoms with van der Waals surface area (Å²) in [6, 6.07) is 9.09. The van der Waals surface area contributed by atoms with Crippen LogP contribution in [-0.2, 0) is 11.3 Å². The van der Waals surface area contributed by atoms with E-state index in [1.54, 1.807) is 7.11 Å². The number of methoxy groups -OCH3 is 1. The Hall–Kier alpha value is -0.860. The van der Waals surface area contributed by atoms with Crippen LogP contribution in [0.5, 0.6) is 0 Å². The second-order valence-electron chi connectivity index (χ2n) is 3.93. The fourth-order valence-electron chi connectivity index (χ4n) is 1.49. The van der Waals surface area contributed by atoms with Gasteiger partial charge >= 0.3 is 0 Å². The number of rotatable bonds is 6. The van der Waals surface area contributed by atoms with Gasteiger partial charge in [0.1, 0.15) is 0 Å². The molecule has 2 heteroatoms. The van der Waals surface area contributed by atoms with Gasteiger partial charge < -0.3 is 10.1 Å². The third-order valence-electron chi connectivity index (χ3n) is 2.58. The summed E-state index contributed by atoms with van der Waals surface area (Å²) in [6.45, 7) is 5.98. The average molecular weight is 207 g/mol. The summed E-state index contributed by atoms with van der Waals surface area (Å²) in [5, 5.41) is 3.48. The number of aryl methyl sites for hydroxylation is 1. The summed E-state index contributed by atoms with van der Waals surface area (Å²) >= 11 is 0. The highest BCUT2D eigenvalue weighted by atomic mass is 16.5. The number of hydrogen-bond donors (Lipinski definition) is 1. The Morgan fingerprint density at radius 1 is 1.27 bits per heavy atom. The molecule has 2 nitrogen and oxygen atoms in total. The molecule has 0 aliphatic carbocycles. The molecule has 0 saturated heterocycles. The van der Waals surface area contributed by atoms with E-state index in [1.165, 1.54) is 11.1 Å². The summed E-state index contributed by atoms with van der Waals surface area (Å²) in [6.07, 6.45) is 1.10. The highest BCUT2D eigenvalue weighted by Gasteiger charge is 2.04. The van der Waals surface area contributed by atoms with Gasteiger partial charge in [-0.2, -0.15) is 0 Å². The third-order valence-corrected chi connectivity index (χ3v) is 2.58. The zero-order chi connectivity index (χ0) is 11.1. The average Bonchev–Trinajstić information content (AvgIpc) is 2.26. The van der Waals surface area contributed by atoms with Gasteiger partial charge in [0.05, 0.1) is 6.61 Å². The van der Waals surface area contributed by atoms with Crippen molar-refractivity contribution in [1.82, 2.24) is 5.32 Å². The maximum Gasteiger partial charge on any atom is 0.0615 e. The van der Waals surface area contributed by atoms with Crippen molar-refractivity contribution in [3.63, 3.8) is 0 Å². The van der Waals surface area contributed by atoms with E-state index < -0.39 is 0 Å². The third kappa shape index (κ3) is 4.45. The molecule has 1 atom stereocenters. The van der Waals surface area contributed by atoms with E-state index in [4.69, 9.17) is 4.74 Å². The topological polar surface area (TPSA) is 21.3 Å². The predicted molar refractivity (Wildman–Crippen MR) is 64.0 cm³/mol. The molecule has 1 N–H and O–H groups in total. The van der Waals surface area contributed by atoms with Gasteiger partial charge in [-0.3, -0.25) is 0 Å². The summed E-state index contributed by atoms with van der Waals surface area (Å²) in [4.78, 5) is 0. The van der Waals surface area contributed by atoms with Crippen LogP contribution in [0.4, 0.5) is 0 Å². The van der Waals surface area contributed by atoms with Crippen LogP contribution in [0.15, 0.2) is 24.3 Å². The lowest BCUT2D eigenvalue weighted by molar-refractivity contribution is 0.164. The van der Waals surface area contributed by atoms with Crippen molar-refractivity contribution in [2.24, 2.45) is 0 Å². The predicted octanol–water partition coefficient (Wildman–Crippen LogP) is 2.51. The summed E-state index contributed by atoms with van der Waals surface area (Å²) < 4.78 is 5.14. The van der Waals surface area contributed by atoms with Crippen molar-refractivity contribution >= 4 is 0 Å². The lowest BCUT2D eigenvalue weighted by Crippen LogP contribution is -2.31. The second-order valence-corrected chi connectivity index (χ2v) is 3.93. The molecule has 0 spiro atoms. The Kier molecular flexibility index (Phi) is 5.37. The fraction of sp³-hybridized carbons (Fsp3) is 0.538. The van der Waals surface area contributed by atoms with Gasteiger partial charge in [0.25, 0.3) is 0 Å². The molecule has 0 fully saturated rings. The van der Waals surface area contributed by atoms with Crippen LogP contribution >= 0.6 is 0 Å². The number of nitrogens with one attached hydrogen (secondary N) is 1. The number of hydrogen-bond acceptors (Lipinski definition) is 2. The highest BCUT2D eigenvalue weighted by molar-refractivity contribution is 5.21. The maximum absolute atomic E-state index is 5.14. The summed E-state index contributed by atoms with van der Waals surface area (Å²) in [5.41, 5.74) is 2.64. The Morgan fingerprint density at radius 2 is 1.93 bits per heavy atom. The van der Waals surface area contributed by atoms with Gasteiger partial charge in [-0.25, -0.2) is 0 Å². The monoisotopic (exact) mass is 207 g/mol. The first-order valence-corrected chi connectivity index (χ1v) is 5.54. The smallest absolute Gasteiger partial charge is 0.0615 e. The molecule has 1 unspecified atom stereocenters. The fourth-order valence-corrected chi connectivity index (χ4v) is 1.49. The Bertz CT molecular complexity index is 268. The molecular formula is C13H21NO. The first kappa shape index (κ1) is 12.2. The van der Waals surface area contributed by atoms with Gasteiger partial charge in [0.2, 0.25) is 0 Å². The van der Waals surface area contributed by atoms with Gasteiger partial charge in [0, 0.05) is 19.7 Å². The van der Waals surface area contributed by atoms with E-state index in [9.17, 15) is 0 Å². The maximum atomic E-state index is 5.14. The van der Waals surface area contributed by atoms with Gasteiger partial charge in [-0.1, -0.05) is 36.8 Å². The van der Waals surface area contributed by atoms with Gasteiger partial charge in [-0.15, -0.1) is 0 Å². The Labute approximate surface area is 92.6 Å². The Balaban J connectivity index is 2.38. The van der Waals surface area contributed by atoms with E-state index in [1.807, 2.05) is 0 Å². The molecule has 1 rings (SSSR count). The summed E-state index contributed by atoms with van der Waals surface area (Å²) in [7, 11) is 1.75. The molecule has 0 radical (unpaired) electrons. The molecule has 1 aromatic carbocycles. The lowest BCUT2D eigenvalue weighted by Gasteiger charge is -2.15. The second kappa shape index (κ2) is 6.59. The molecule has 0 aliphatic heterocycles. The zero-order valence-electron chi connectivity index (χ0n) is 9.92. The van der Waals surface area contributed by atoms with Crippen LogP contribution in [0.3, 0.4) is 0 Å². The molecular weight excluding hydrogens is 186 g/mol. The highest BCUT2D eigenvalue weighted by Crippen LogP contribution is 2.03. The van der Waals surface area contributed by atoms with E-state index in [-0.39, 0.29) is 0 Å². The van der Waals surface area contributed by atoms with Crippen molar-refractivity contribution in [3.05, 3.63) is 35.4 Å².